The van der Waals surface area contributed by atoms with Crippen LogP contribution in [0.25, 0.3) is 0 Å². The number of aromatic hydroxyl groups is 1. The Labute approximate surface area is 134 Å². The summed E-state index contributed by atoms with van der Waals surface area (Å²) in [6.07, 6.45) is 1.48. The van der Waals surface area contributed by atoms with Crippen molar-refractivity contribution in [3.63, 3.8) is 0 Å². The zero-order valence-electron chi connectivity index (χ0n) is 12.9. The van der Waals surface area contributed by atoms with Crippen molar-refractivity contribution in [3.05, 3.63) is 53.6 Å². The molecule has 2 aromatic carbocycles. The highest BCUT2D eigenvalue weighted by molar-refractivity contribution is 5.97. The molecule has 1 amide bonds. The Morgan fingerprint density at radius 3 is 2.74 bits per heavy atom. The molecule has 0 fully saturated rings. The lowest BCUT2D eigenvalue weighted by Gasteiger charge is -2.09. The number of amides is 1. The number of carbonyl (C=O) groups excluding carboxylic acids is 1. The number of methoxy groups -OCH3 is 1. The molecule has 0 bridgehead atoms. The molecule has 0 aromatic heterocycles. The third-order valence-corrected chi connectivity index (χ3v) is 3.02. The molecule has 0 aliphatic heterocycles. The summed E-state index contributed by atoms with van der Waals surface area (Å²) < 4.78 is 10.7. The Balaban J connectivity index is 2.06. The summed E-state index contributed by atoms with van der Waals surface area (Å²) in [6, 6.07) is 11.6. The molecule has 0 unspecified atom stereocenters. The van der Waals surface area contributed by atoms with E-state index < -0.39 is 5.91 Å². The van der Waals surface area contributed by atoms with Gasteiger partial charge in [-0.1, -0.05) is 12.1 Å². The summed E-state index contributed by atoms with van der Waals surface area (Å²) >= 11 is 0. The van der Waals surface area contributed by atoms with Crippen molar-refractivity contribution in [1.82, 2.24) is 5.43 Å². The fraction of sp³-hybridized carbons (Fsp3) is 0.176. The minimum atomic E-state index is -0.489. The zero-order chi connectivity index (χ0) is 16.7. The van der Waals surface area contributed by atoms with Crippen LogP contribution in [0.1, 0.15) is 22.8 Å². The van der Waals surface area contributed by atoms with Crippen LogP contribution in [0.2, 0.25) is 0 Å². The zero-order valence-corrected chi connectivity index (χ0v) is 12.9. The average molecular weight is 314 g/mol. The highest BCUT2D eigenvalue weighted by Crippen LogP contribution is 2.27. The van der Waals surface area contributed by atoms with E-state index in [9.17, 15) is 9.90 Å². The third kappa shape index (κ3) is 4.23. The molecule has 23 heavy (non-hydrogen) atoms. The molecule has 6 heteroatoms. The van der Waals surface area contributed by atoms with Crippen molar-refractivity contribution in [2.75, 3.05) is 13.7 Å². The van der Waals surface area contributed by atoms with Gasteiger partial charge in [0.15, 0.2) is 11.5 Å². The summed E-state index contributed by atoms with van der Waals surface area (Å²) in [6.45, 7) is 2.43. The van der Waals surface area contributed by atoms with Crippen LogP contribution < -0.4 is 14.9 Å². The van der Waals surface area contributed by atoms with E-state index >= 15 is 0 Å². The van der Waals surface area contributed by atoms with E-state index in [-0.39, 0.29) is 11.3 Å². The standard InChI is InChI=1S/C17H18N2O4/c1-3-23-15-9-8-12(10-16(15)22-2)11-18-19-17(21)13-6-4-5-7-14(13)20/h4-11,20H,3H2,1-2H3,(H,19,21)/b18-11-. The number of ether oxygens (including phenoxy) is 2. The van der Waals surface area contributed by atoms with Gasteiger partial charge in [-0.05, 0) is 42.8 Å². The first-order chi connectivity index (χ1) is 11.2. The number of benzene rings is 2. The molecule has 0 saturated carbocycles. The summed E-state index contributed by atoms with van der Waals surface area (Å²) in [5.74, 6) is 0.647. The first-order valence-electron chi connectivity index (χ1n) is 7.08. The van der Waals surface area contributed by atoms with Crippen LogP contribution in [0.5, 0.6) is 17.2 Å². The Bertz CT molecular complexity index is 713. The number of nitrogens with zero attached hydrogens (tertiary/aromatic N) is 1. The first-order valence-corrected chi connectivity index (χ1v) is 7.08. The van der Waals surface area contributed by atoms with Gasteiger partial charge in [0.2, 0.25) is 0 Å². The molecule has 0 aliphatic carbocycles. The average Bonchev–Trinajstić information content (AvgIpc) is 2.56. The fourth-order valence-electron chi connectivity index (χ4n) is 1.93. The normalized spacial score (nSPS) is 10.5. The van der Waals surface area contributed by atoms with Crippen LogP contribution in [0.15, 0.2) is 47.6 Å². The third-order valence-electron chi connectivity index (χ3n) is 3.02. The quantitative estimate of drug-likeness (QED) is 0.634. The van der Waals surface area contributed by atoms with E-state index in [2.05, 4.69) is 10.5 Å². The van der Waals surface area contributed by atoms with Crippen molar-refractivity contribution in [2.45, 2.75) is 6.92 Å². The molecular formula is C17H18N2O4. The molecule has 120 valence electrons. The number of nitrogens with one attached hydrogen (secondary N) is 1. The largest absolute Gasteiger partial charge is 0.507 e. The maximum atomic E-state index is 11.9. The number of hydrogen-bond acceptors (Lipinski definition) is 5. The van der Waals surface area contributed by atoms with E-state index in [1.807, 2.05) is 6.92 Å². The topological polar surface area (TPSA) is 80.2 Å². The van der Waals surface area contributed by atoms with E-state index in [1.165, 1.54) is 18.3 Å². The van der Waals surface area contributed by atoms with Gasteiger partial charge < -0.3 is 14.6 Å². The molecule has 2 N–H and O–H groups in total. The second kappa shape index (κ2) is 7.84. The van der Waals surface area contributed by atoms with Gasteiger partial charge in [0.05, 0.1) is 25.5 Å². The second-order valence-electron chi connectivity index (χ2n) is 4.56. The van der Waals surface area contributed by atoms with E-state index in [1.54, 1.807) is 37.4 Å². The van der Waals surface area contributed by atoms with Gasteiger partial charge in [0.25, 0.3) is 5.91 Å². The number of hydrogen-bond donors (Lipinski definition) is 2. The summed E-state index contributed by atoms with van der Waals surface area (Å²) in [7, 11) is 1.55. The SMILES string of the molecule is CCOc1ccc(/C=N\NC(=O)c2ccccc2O)cc1OC. The highest BCUT2D eigenvalue weighted by Gasteiger charge is 2.08. The van der Waals surface area contributed by atoms with Gasteiger partial charge in [-0.3, -0.25) is 4.79 Å². The van der Waals surface area contributed by atoms with Crippen molar-refractivity contribution in [1.29, 1.82) is 0 Å². The van der Waals surface area contributed by atoms with Crippen LogP contribution in [0, 0.1) is 0 Å². The van der Waals surface area contributed by atoms with Gasteiger partial charge in [0.1, 0.15) is 5.75 Å². The number of phenols is 1. The molecule has 6 nitrogen and oxygen atoms in total. The number of carbonyl (C=O) groups is 1. The Hall–Kier alpha value is -3.02. The first kappa shape index (κ1) is 16.4. The van der Waals surface area contributed by atoms with Crippen molar-refractivity contribution < 1.29 is 19.4 Å². The predicted octanol–water partition coefficient (Wildman–Crippen LogP) is 2.56. The van der Waals surface area contributed by atoms with E-state index in [0.29, 0.717) is 18.1 Å². The summed E-state index contributed by atoms with van der Waals surface area (Å²) in [5, 5.41) is 13.5. The minimum Gasteiger partial charge on any atom is -0.507 e. The fourth-order valence-corrected chi connectivity index (χ4v) is 1.93. The molecule has 0 atom stereocenters. The lowest BCUT2D eigenvalue weighted by molar-refractivity contribution is 0.0952. The molecule has 0 radical (unpaired) electrons. The Morgan fingerprint density at radius 1 is 1.26 bits per heavy atom. The van der Waals surface area contributed by atoms with Gasteiger partial charge >= 0.3 is 0 Å². The molecule has 0 saturated heterocycles. The minimum absolute atomic E-state index is 0.0945. The Kier molecular flexibility index (Phi) is 5.57. The van der Waals surface area contributed by atoms with Gasteiger partial charge in [-0.25, -0.2) is 5.43 Å². The molecule has 0 heterocycles. The van der Waals surface area contributed by atoms with Crippen LogP contribution >= 0.6 is 0 Å². The number of hydrazone groups is 1. The number of para-hydroxylation sites is 1. The predicted molar refractivity (Wildman–Crippen MR) is 87.3 cm³/mol. The maximum Gasteiger partial charge on any atom is 0.275 e. The van der Waals surface area contributed by atoms with Crippen LogP contribution in [-0.4, -0.2) is 30.9 Å². The molecular weight excluding hydrogens is 296 g/mol. The van der Waals surface area contributed by atoms with Crippen molar-refractivity contribution in [2.24, 2.45) is 5.10 Å². The summed E-state index contributed by atoms with van der Waals surface area (Å²) in [5.41, 5.74) is 3.26. The van der Waals surface area contributed by atoms with Crippen molar-refractivity contribution >= 4 is 12.1 Å². The molecule has 0 spiro atoms. The lowest BCUT2D eigenvalue weighted by Crippen LogP contribution is -2.17. The highest BCUT2D eigenvalue weighted by atomic mass is 16.5. The molecule has 2 rings (SSSR count). The number of rotatable bonds is 6. The van der Waals surface area contributed by atoms with Crippen LogP contribution in [-0.2, 0) is 0 Å². The van der Waals surface area contributed by atoms with Crippen LogP contribution in [0.3, 0.4) is 0 Å². The summed E-state index contributed by atoms with van der Waals surface area (Å²) in [4.78, 5) is 11.9. The van der Waals surface area contributed by atoms with E-state index in [0.717, 1.165) is 5.56 Å². The van der Waals surface area contributed by atoms with Gasteiger partial charge in [-0.2, -0.15) is 5.10 Å². The smallest absolute Gasteiger partial charge is 0.275 e. The van der Waals surface area contributed by atoms with Gasteiger partial charge in [0, 0.05) is 0 Å². The van der Waals surface area contributed by atoms with Crippen LogP contribution in [0.4, 0.5) is 0 Å². The van der Waals surface area contributed by atoms with Crippen molar-refractivity contribution in [3.8, 4) is 17.2 Å². The maximum absolute atomic E-state index is 11.9. The second-order valence-corrected chi connectivity index (χ2v) is 4.56. The lowest BCUT2D eigenvalue weighted by atomic mass is 10.2. The van der Waals surface area contributed by atoms with Gasteiger partial charge in [-0.15, -0.1) is 0 Å². The molecule has 2 aromatic rings. The molecule has 0 aliphatic rings. The Morgan fingerprint density at radius 2 is 2.04 bits per heavy atom. The number of phenolic OH excluding ortho intramolecular Hbond substituents is 1. The monoisotopic (exact) mass is 314 g/mol. The van der Waals surface area contributed by atoms with E-state index in [4.69, 9.17) is 9.47 Å².